The third kappa shape index (κ3) is 3.61. The van der Waals surface area contributed by atoms with E-state index in [-0.39, 0.29) is 12.0 Å². The van der Waals surface area contributed by atoms with E-state index < -0.39 is 10.0 Å². The largest absolute Gasteiger partial charge is 0.378 e. The molecule has 3 aromatic carbocycles. The molecule has 5 heteroatoms. The van der Waals surface area contributed by atoms with Crippen LogP contribution in [0.25, 0.3) is 0 Å². The number of aryl methyl sites for hydroxylation is 3. The van der Waals surface area contributed by atoms with Gasteiger partial charge in [0, 0.05) is 11.6 Å². The molecule has 0 fully saturated rings. The number of rotatable bonds is 4. The summed E-state index contributed by atoms with van der Waals surface area (Å²) in [7, 11) is -3.69. The van der Waals surface area contributed by atoms with E-state index in [1.165, 1.54) is 11.1 Å². The Bertz CT molecular complexity index is 1290. The fourth-order valence-electron chi connectivity index (χ4n) is 5.01. The van der Waals surface area contributed by atoms with Crippen LogP contribution in [-0.2, 0) is 10.0 Å². The molecule has 164 valence electrons. The average Bonchev–Trinajstić information content (AvgIpc) is 3.26. The Hall–Kier alpha value is -3.05. The summed E-state index contributed by atoms with van der Waals surface area (Å²) in [6.07, 6.45) is 5.44. The zero-order valence-corrected chi connectivity index (χ0v) is 19.4. The van der Waals surface area contributed by atoms with Gasteiger partial charge in [0.2, 0.25) is 0 Å². The quantitative estimate of drug-likeness (QED) is 0.468. The molecule has 1 heterocycles. The monoisotopic (exact) mass is 444 g/mol. The Kier molecular flexibility index (Phi) is 5.09. The van der Waals surface area contributed by atoms with E-state index in [1.54, 1.807) is 6.07 Å². The molecule has 2 N–H and O–H groups in total. The maximum atomic E-state index is 13.3. The van der Waals surface area contributed by atoms with Crippen molar-refractivity contribution < 1.29 is 8.42 Å². The van der Waals surface area contributed by atoms with Crippen LogP contribution in [0.5, 0.6) is 0 Å². The summed E-state index contributed by atoms with van der Waals surface area (Å²) in [5, 5.41) is 3.70. The Balaban J connectivity index is 1.50. The van der Waals surface area contributed by atoms with E-state index in [0.717, 1.165) is 28.8 Å². The Morgan fingerprint density at radius 2 is 1.66 bits per heavy atom. The van der Waals surface area contributed by atoms with Crippen LogP contribution in [0, 0.1) is 26.7 Å². The summed E-state index contributed by atoms with van der Waals surface area (Å²) in [6, 6.07) is 20.1. The molecule has 0 aromatic heterocycles. The van der Waals surface area contributed by atoms with Crippen LogP contribution in [0.4, 0.5) is 11.4 Å². The van der Waals surface area contributed by atoms with Crippen LogP contribution in [-0.4, -0.2) is 8.42 Å². The lowest BCUT2D eigenvalue weighted by Gasteiger charge is -2.37. The number of benzene rings is 3. The van der Waals surface area contributed by atoms with Crippen molar-refractivity contribution in [3.05, 3.63) is 101 Å². The number of anilines is 2. The average molecular weight is 445 g/mol. The van der Waals surface area contributed by atoms with Gasteiger partial charge in [0.1, 0.15) is 0 Å². The van der Waals surface area contributed by atoms with Crippen molar-refractivity contribution in [3.63, 3.8) is 0 Å². The van der Waals surface area contributed by atoms with E-state index >= 15 is 0 Å². The second-order valence-corrected chi connectivity index (χ2v) is 10.7. The molecule has 0 amide bonds. The van der Waals surface area contributed by atoms with E-state index in [4.69, 9.17) is 0 Å². The van der Waals surface area contributed by atoms with Crippen LogP contribution in [0.2, 0.25) is 0 Å². The highest BCUT2D eigenvalue weighted by Crippen LogP contribution is 2.50. The summed E-state index contributed by atoms with van der Waals surface area (Å²) in [6.45, 7) is 5.93. The van der Waals surface area contributed by atoms with Gasteiger partial charge < -0.3 is 5.32 Å². The lowest BCUT2D eigenvalue weighted by atomic mass is 9.77. The lowest BCUT2D eigenvalue weighted by molar-refractivity contribution is 0.425. The normalized spacial score (nSPS) is 21.5. The first kappa shape index (κ1) is 20.8. The number of allylic oxidation sites excluding steroid dienone is 2. The van der Waals surface area contributed by atoms with E-state index in [2.05, 4.69) is 53.4 Å². The maximum absolute atomic E-state index is 13.3. The number of para-hydroxylation sites is 1. The van der Waals surface area contributed by atoms with Crippen molar-refractivity contribution in [1.29, 1.82) is 0 Å². The predicted molar refractivity (Wildman–Crippen MR) is 131 cm³/mol. The number of fused-ring (bicyclic) bond motifs is 3. The highest BCUT2D eigenvalue weighted by Gasteiger charge is 2.38. The summed E-state index contributed by atoms with van der Waals surface area (Å²) in [5.41, 5.74) is 7.05. The summed E-state index contributed by atoms with van der Waals surface area (Å²) in [5.74, 6) is 0.572. The molecule has 3 aromatic rings. The predicted octanol–water partition coefficient (Wildman–Crippen LogP) is 6.24. The molecule has 2 aliphatic rings. The topological polar surface area (TPSA) is 58.2 Å². The first-order chi connectivity index (χ1) is 15.3. The van der Waals surface area contributed by atoms with Crippen molar-refractivity contribution >= 4 is 21.4 Å². The molecule has 4 nitrogen and oxygen atoms in total. The van der Waals surface area contributed by atoms with Gasteiger partial charge in [-0.1, -0.05) is 60.2 Å². The van der Waals surface area contributed by atoms with Crippen LogP contribution in [0.3, 0.4) is 0 Å². The molecule has 0 spiro atoms. The van der Waals surface area contributed by atoms with Gasteiger partial charge in [-0.3, -0.25) is 4.72 Å². The van der Waals surface area contributed by atoms with Gasteiger partial charge in [0.05, 0.1) is 16.6 Å². The van der Waals surface area contributed by atoms with Gasteiger partial charge in [-0.25, -0.2) is 8.42 Å². The van der Waals surface area contributed by atoms with Gasteiger partial charge in [-0.15, -0.1) is 0 Å². The van der Waals surface area contributed by atoms with Crippen molar-refractivity contribution in [3.8, 4) is 0 Å². The summed E-state index contributed by atoms with van der Waals surface area (Å²) >= 11 is 0. The SMILES string of the molecule is Cc1ccc(C2Nc3ccc(S(=O)(=O)Nc4c(C)cccc4C)cc3C3C=CCC32)cc1. The number of nitrogens with one attached hydrogen (secondary N) is 2. The lowest BCUT2D eigenvalue weighted by Crippen LogP contribution is -2.29. The second kappa shape index (κ2) is 7.82. The van der Waals surface area contributed by atoms with Crippen molar-refractivity contribution in [2.45, 2.75) is 44.0 Å². The van der Waals surface area contributed by atoms with E-state index in [0.29, 0.717) is 16.5 Å². The zero-order valence-electron chi connectivity index (χ0n) is 18.6. The molecule has 0 saturated carbocycles. The highest BCUT2D eigenvalue weighted by atomic mass is 32.2. The van der Waals surface area contributed by atoms with Crippen molar-refractivity contribution in [2.24, 2.45) is 5.92 Å². The minimum Gasteiger partial charge on any atom is -0.378 e. The fraction of sp³-hybridized carbons (Fsp3) is 0.259. The van der Waals surface area contributed by atoms with Gasteiger partial charge in [-0.05, 0) is 73.6 Å². The maximum Gasteiger partial charge on any atom is 0.261 e. The van der Waals surface area contributed by atoms with Gasteiger partial charge in [0.25, 0.3) is 10.0 Å². The fourth-order valence-corrected chi connectivity index (χ4v) is 6.25. The van der Waals surface area contributed by atoms with E-state index in [1.807, 2.05) is 44.2 Å². The van der Waals surface area contributed by atoms with Crippen molar-refractivity contribution in [1.82, 2.24) is 0 Å². The third-order valence-electron chi connectivity index (χ3n) is 6.80. The molecule has 0 saturated heterocycles. The van der Waals surface area contributed by atoms with Crippen LogP contribution >= 0.6 is 0 Å². The number of hydrogen-bond acceptors (Lipinski definition) is 3. The van der Waals surface area contributed by atoms with Crippen molar-refractivity contribution in [2.75, 3.05) is 10.0 Å². The Labute approximate surface area is 190 Å². The number of hydrogen-bond donors (Lipinski definition) is 2. The van der Waals surface area contributed by atoms with Gasteiger partial charge in [-0.2, -0.15) is 0 Å². The molecule has 32 heavy (non-hydrogen) atoms. The Morgan fingerprint density at radius 1 is 0.938 bits per heavy atom. The number of sulfonamides is 1. The van der Waals surface area contributed by atoms with Crippen LogP contribution < -0.4 is 10.0 Å². The Morgan fingerprint density at radius 3 is 2.38 bits per heavy atom. The minimum atomic E-state index is -3.69. The smallest absolute Gasteiger partial charge is 0.261 e. The molecule has 0 radical (unpaired) electrons. The molecule has 1 aliphatic heterocycles. The molecular formula is C27H28N2O2S. The third-order valence-corrected chi connectivity index (χ3v) is 8.15. The van der Waals surface area contributed by atoms with Gasteiger partial charge in [0.15, 0.2) is 0 Å². The molecule has 0 bridgehead atoms. The summed E-state index contributed by atoms with van der Waals surface area (Å²) < 4.78 is 29.3. The molecule has 1 aliphatic carbocycles. The van der Waals surface area contributed by atoms with E-state index in [9.17, 15) is 8.42 Å². The molecular weight excluding hydrogens is 416 g/mol. The molecule has 5 rings (SSSR count). The first-order valence-corrected chi connectivity index (χ1v) is 12.5. The minimum absolute atomic E-state index is 0.202. The standard InChI is InChI=1S/C27H28N2O2S/c1-17-10-12-20(13-11-17)27-23-9-5-8-22(23)24-16-21(14-15-25(24)28-27)32(30,31)29-26-18(2)6-4-7-19(26)3/h4-8,10-16,22-23,27-29H,9H2,1-3H3. The van der Waals surface area contributed by atoms with Crippen LogP contribution in [0.15, 0.2) is 77.7 Å². The molecule has 3 unspecified atom stereocenters. The second-order valence-electron chi connectivity index (χ2n) is 9.01. The van der Waals surface area contributed by atoms with Crippen LogP contribution in [0.1, 0.15) is 46.2 Å². The highest BCUT2D eigenvalue weighted by molar-refractivity contribution is 7.92. The summed E-state index contributed by atoms with van der Waals surface area (Å²) in [4.78, 5) is 0.300. The zero-order chi connectivity index (χ0) is 22.5. The molecule has 3 atom stereocenters. The first-order valence-electron chi connectivity index (χ1n) is 11.1. The van der Waals surface area contributed by atoms with Gasteiger partial charge >= 0.3 is 0 Å².